The van der Waals surface area contributed by atoms with Crippen LogP contribution in [0.15, 0.2) is 10.9 Å². The molecule has 0 spiro atoms. The van der Waals surface area contributed by atoms with E-state index in [1.807, 2.05) is 5.38 Å². The highest BCUT2D eigenvalue weighted by Crippen LogP contribution is 2.30. The topological polar surface area (TPSA) is 30.0 Å². The fraction of sp³-hybridized carbons (Fsp3) is 0.636. The van der Waals surface area contributed by atoms with E-state index in [-0.39, 0.29) is 11.7 Å². The maximum Gasteiger partial charge on any atom is 0.185 e. The summed E-state index contributed by atoms with van der Waals surface area (Å²) in [5.74, 6) is 1.31. The van der Waals surface area contributed by atoms with E-state index >= 15 is 0 Å². The Morgan fingerprint density at radius 2 is 2.14 bits per heavy atom. The molecule has 76 valence electrons. The molecule has 0 radical (unpaired) electrons. The summed E-state index contributed by atoms with van der Waals surface area (Å²) in [6.07, 6.45) is 4.50. The molecule has 0 bridgehead atoms. The van der Waals surface area contributed by atoms with Gasteiger partial charge in [-0.15, -0.1) is 11.3 Å². The molecule has 0 aromatic carbocycles. The Balaban J connectivity index is 1.99. The van der Waals surface area contributed by atoms with Gasteiger partial charge < -0.3 is 0 Å². The maximum atomic E-state index is 11.9. The van der Waals surface area contributed by atoms with E-state index in [0.717, 1.165) is 18.8 Å². The molecule has 0 amide bonds. The molecular formula is C11H15NOS. The van der Waals surface area contributed by atoms with Crippen molar-refractivity contribution in [1.82, 2.24) is 4.98 Å². The third-order valence-electron chi connectivity index (χ3n) is 3.07. The number of aromatic nitrogens is 1. The minimum Gasteiger partial charge on any atom is -0.292 e. The highest BCUT2D eigenvalue weighted by atomic mass is 32.1. The van der Waals surface area contributed by atoms with Crippen molar-refractivity contribution in [3.05, 3.63) is 16.6 Å². The molecule has 1 aromatic heterocycles. The molecule has 14 heavy (non-hydrogen) atoms. The highest BCUT2D eigenvalue weighted by molar-refractivity contribution is 7.07. The van der Waals surface area contributed by atoms with Gasteiger partial charge >= 0.3 is 0 Å². The Morgan fingerprint density at radius 3 is 2.71 bits per heavy atom. The first-order valence-electron chi connectivity index (χ1n) is 5.20. The molecule has 2 nitrogen and oxygen atoms in total. The van der Waals surface area contributed by atoms with Crippen LogP contribution in [0.1, 0.15) is 43.1 Å². The summed E-state index contributed by atoms with van der Waals surface area (Å²) < 4.78 is 0. The van der Waals surface area contributed by atoms with Crippen molar-refractivity contribution >= 4 is 17.1 Å². The smallest absolute Gasteiger partial charge is 0.185 e. The SMILES string of the molecule is CC1CCC(C(=O)c2cscn2)CC1. The van der Waals surface area contributed by atoms with Crippen molar-refractivity contribution in [1.29, 1.82) is 0 Å². The zero-order valence-electron chi connectivity index (χ0n) is 8.40. The van der Waals surface area contributed by atoms with Crippen molar-refractivity contribution in [2.75, 3.05) is 0 Å². The van der Waals surface area contributed by atoms with Crippen molar-refractivity contribution in [3.8, 4) is 0 Å². The van der Waals surface area contributed by atoms with E-state index in [0.29, 0.717) is 5.69 Å². The fourth-order valence-electron chi connectivity index (χ4n) is 2.07. The van der Waals surface area contributed by atoms with Gasteiger partial charge in [-0.3, -0.25) is 4.79 Å². The summed E-state index contributed by atoms with van der Waals surface area (Å²) in [7, 11) is 0. The lowest BCUT2D eigenvalue weighted by atomic mass is 9.80. The number of ketones is 1. The molecular weight excluding hydrogens is 194 g/mol. The van der Waals surface area contributed by atoms with Crippen LogP contribution in [0.2, 0.25) is 0 Å². The third-order valence-corrected chi connectivity index (χ3v) is 3.66. The standard InChI is InChI=1S/C11H15NOS/c1-8-2-4-9(5-3-8)11(13)10-6-14-7-12-10/h6-9H,2-5H2,1H3. The summed E-state index contributed by atoms with van der Waals surface area (Å²) in [5, 5.41) is 1.86. The summed E-state index contributed by atoms with van der Waals surface area (Å²) >= 11 is 1.50. The molecule has 1 heterocycles. The number of rotatable bonds is 2. The fourth-order valence-corrected chi connectivity index (χ4v) is 2.61. The van der Waals surface area contributed by atoms with Crippen LogP contribution in [-0.2, 0) is 0 Å². The Bertz CT molecular complexity index is 299. The van der Waals surface area contributed by atoms with Crippen LogP contribution in [0.25, 0.3) is 0 Å². The number of thiazole rings is 1. The maximum absolute atomic E-state index is 11.9. The van der Waals surface area contributed by atoms with E-state index in [1.165, 1.54) is 24.2 Å². The Kier molecular flexibility index (Phi) is 2.96. The molecule has 0 saturated heterocycles. The lowest BCUT2D eigenvalue weighted by Crippen LogP contribution is -2.21. The summed E-state index contributed by atoms with van der Waals surface area (Å²) in [4.78, 5) is 16.0. The van der Waals surface area contributed by atoms with Gasteiger partial charge in [-0.25, -0.2) is 4.98 Å². The Hall–Kier alpha value is -0.700. The van der Waals surface area contributed by atoms with Gasteiger partial charge in [0.2, 0.25) is 0 Å². The second kappa shape index (κ2) is 4.22. The molecule has 0 unspecified atom stereocenters. The quantitative estimate of drug-likeness (QED) is 0.700. The molecule has 1 aliphatic carbocycles. The number of Topliss-reactive ketones (excluding diaryl/α,β-unsaturated/α-hetero) is 1. The second-order valence-corrected chi connectivity index (χ2v) is 4.91. The molecule has 1 saturated carbocycles. The van der Waals surface area contributed by atoms with Gasteiger partial charge in [-0.1, -0.05) is 19.8 Å². The Morgan fingerprint density at radius 1 is 1.43 bits per heavy atom. The molecule has 1 aromatic rings. The molecule has 0 N–H and O–H groups in total. The van der Waals surface area contributed by atoms with E-state index in [2.05, 4.69) is 11.9 Å². The minimum atomic E-state index is 0.244. The van der Waals surface area contributed by atoms with E-state index < -0.39 is 0 Å². The summed E-state index contributed by atoms with van der Waals surface area (Å²) in [6, 6.07) is 0. The summed E-state index contributed by atoms with van der Waals surface area (Å²) in [5.41, 5.74) is 2.41. The molecule has 0 atom stereocenters. The normalized spacial score (nSPS) is 27.5. The van der Waals surface area contributed by atoms with E-state index in [1.54, 1.807) is 5.51 Å². The van der Waals surface area contributed by atoms with Crippen molar-refractivity contribution in [2.24, 2.45) is 11.8 Å². The van der Waals surface area contributed by atoms with Crippen molar-refractivity contribution in [2.45, 2.75) is 32.6 Å². The molecule has 1 fully saturated rings. The Labute approximate surface area is 88.4 Å². The van der Waals surface area contributed by atoms with Crippen LogP contribution >= 0.6 is 11.3 Å². The van der Waals surface area contributed by atoms with Gasteiger partial charge in [0, 0.05) is 11.3 Å². The average Bonchev–Trinajstić information content (AvgIpc) is 2.71. The number of carbonyl (C=O) groups is 1. The van der Waals surface area contributed by atoms with Crippen molar-refractivity contribution < 1.29 is 4.79 Å². The third kappa shape index (κ3) is 2.03. The predicted molar refractivity (Wildman–Crippen MR) is 57.6 cm³/mol. The molecule has 3 heteroatoms. The van der Waals surface area contributed by atoms with E-state index in [9.17, 15) is 4.79 Å². The zero-order chi connectivity index (χ0) is 9.97. The number of hydrogen-bond donors (Lipinski definition) is 0. The predicted octanol–water partition coefficient (Wildman–Crippen LogP) is 3.15. The van der Waals surface area contributed by atoms with Crippen LogP contribution < -0.4 is 0 Å². The van der Waals surface area contributed by atoms with Crippen LogP contribution in [0.5, 0.6) is 0 Å². The van der Waals surface area contributed by atoms with Crippen LogP contribution in [0.4, 0.5) is 0 Å². The first-order valence-corrected chi connectivity index (χ1v) is 6.14. The largest absolute Gasteiger partial charge is 0.292 e. The molecule has 1 aliphatic rings. The lowest BCUT2D eigenvalue weighted by Gasteiger charge is -2.24. The van der Waals surface area contributed by atoms with Gasteiger partial charge in [0.25, 0.3) is 0 Å². The van der Waals surface area contributed by atoms with Gasteiger partial charge in [-0.05, 0) is 18.8 Å². The number of carbonyl (C=O) groups excluding carboxylic acids is 1. The monoisotopic (exact) mass is 209 g/mol. The van der Waals surface area contributed by atoms with Gasteiger partial charge in [0.15, 0.2) is 5.78 Å². The van der Waals surface area contributed by atoms with E-state index in [4.69, 9.17) is 0 Å². The lowest BCUT2D eigenvalue weighted by molar-refractivity contribution is 0.0871. The first-order chi connectivity index (χ1) is 6.77. The van der Waals surface area contributed by atoms with Crippen LogP contribution in [-0.4, -0.2) is 10.8 Å². The minimum absolute atomic E-state index is 0.244. The number of nitrogens with zero attached hydrogens (tertiary/aromatic N) is 1. The van der Waals surface area contributed by atoms with Gasteiger partial charge in [-0.2, -0.15) is 0 Å². The molecule has 2 rings (SSSR count). The van der Waals surface area contributed by atoms with Crippen LogP contribution in [0.3, 0.4) is 0 Å². The molecule has 0 aliphatic heterocycles. The first kappa shape index (κ1) is 9.84. The average molecular weight is 209 g/mol. The van der Waals surface area contributed by atoms with Gasteiger partial charge in [0.05, 0.1) is 5.51 Å². The van der Waals surface area contributed by atoms with Crippen LogP contribution in [0, 0.1) is 11.8 Å². The van der Waals surface area contributed by atoms with Gasteiger partial charge in [0.1, 0.15) is 5.69 Å². The second-order valence-electron chi connectivity index (χ2n) is 4.19. The number of hydrogen-bond acceptors (Lipinski definition) is 3. The zero-order valence-corrected chi connectivity index (χ0v) is 9.22. The highest BCUT2D eigenvalue weighted by Gasteiger charge is 2.25. The van der Waals surface area contributed by atoms with Crippen molar-refractivity contribution in [3.63, 3.8) is 0 Å². The summed E-state index contributed by atoms with van der Waals surface area (Å²) in [6.45, 7) is 2.27.